The summed E-state index contributed by atoms with van der Waals surface area (Å²) in [7, 11) is 0. The van der Waals surface area contributed by atoms with Crippen LogP contribution in [0.3, 0.4) is 0 Å². The van der Waals surface area contributed by atoms with Crippen molar-refractivity contribution in [3.63, 3.8) is 0 Å². The van der Waals surface area contributed by atoms with Gasteiger partial charge in [-0.2, -0.15) is 4.98 Å². The lowest BCUT2D eigenvalue weighted by atomic mass is 10.2. The zero-order valence-corrected chi connectivity index (χ0v) is 20.1. The van der Waals surface area contributed by atoms with E-state index in [4.69, 9.17) is 28.5 Å². The van der Waals surface area contributed by atoms with E-state index < -0.39 is 0 Å². The lowest BCUT2D eigenvalue weighted by molar-refractivity contribution is 0.173. The molecule has 0 fully saturated rings. The third kappa shape index (κ3) is 4.02. The van der Waals surface area contributed by atoms with Crippen LogP contribution in [-0.2, 0) is 12.3 Å². The molecular formula is C26H18N4O6S. The summed E-state index contributed by atoms with van der Waals surface area (Å²) in [5, 5.41) is 5.20. The van der Waals surface area contributed by atoms with Crippen LogP contribution in [0, 0.1) is 0 Å². The predicted molar refractivity (Wildman–Crippen MR) is 133 cm³/mol. The Bertz CT molecular complexity index is 1720. The fourth-order valence-corrected chi connectivity index (χ4v) is 5.05. The number of thioether (sulfide) groups is 1. The van der Waals surface area contributed by atoms with Gasteiger partial charge < -0.3 is 23.5 Å². The Morgan fingerprint density at radius 1 is 0.838 bits per heavy atom. The Balaban J connectivity index is 1.18. The summed E-state index contributed by atoms with van der Waals surface area (Å²) in [6.45, 7) is 0.706. The van der Waals surface area contributed by atoms with Gasteiger partial charge in [-0.1, -0.05) is 35.1 Å². The molecule has 0 radical (unpaired) electrons. The number of para-hydroxylation sites is 1. The number of ether oxygens (including phenoxy) is 4. The van der Waals surface area contributed by atoms with Crippen LogP contribution in [0.4, 0.5) is 0 Å². The maximum Gasteiger partial charge on any atom is 0.262 e. The van der Waals surface area contributed by atoms with Gasteiger partial charge in [0.25, 0.3) is 5.56 Å². The second kappa shape index (κ2) is 8.86. The normalized spacial score (nSPS) is 13.4. The van der Waals surface area contributed by atoms with Gasteiger partial charge in [0.15, 0.2) is 28.2 Å². The van der Waals surface area contributed by atoms with Gasteiger partial charge in [0.1, 0.15) is 0 Å². The Morgan fingerprint density at radius 2 is 1.59 bits per heavy atom. The molecule has 0 saturated heterocycles. The minimum atomic E-state index is -0.127. The van der Waals surface area contributed by atoms with Crippen molar-refractivity contribution >= 4 is 22.7 Å². The molecule has 0 saturated carbocycles. The minimum Gasteiger partial charge on any atom is -0.454 e. The lowest BCUT2D eigenvalue weighted by Crippen LogP contribution is -2.24. The second-order valence-electron chi connectivity index (χ2n) is 8.36. The zero-order valence-electron chi connectivity index (χ0n) is 19.2. The quantitative estimate of drug-likeness (QED) is 0.241. The lowest BCUT2D eigenvalue weighted by Gasteiger charge is -2.13. The molecule has 2 aliphatic rings. The fourth-order valence-electron chi connectivity index (χ4n) is 4.21. The van der Waals surface area contributed by atoms with Gasteiger partial charge in [-0.05, 0) is 48.0 Å². The first-order chi connectivity index (χ1) is 18.2. The van der Waals surface area contributed by atoms with E-state index in [1.165, 1.54) is 11.8 Å². The molecule has 2 aliphatic heterocycles. The van der Waals surface area contributed by atoms with Gasteiger partial charge in [0.2, 0.25) is 25.3 Å². The summed E-state index contributed by atoms with van der Waals surface area (Å²) in [5.74, 6) is 3.88. The largest absolute Gasteiger partial charge is 0.454 e. The van der Waals surface area contributed by atoms with Crippen molar-refractivity contribution in [3.8, 4) is 34.4 Å². The van der Waals surface area contributed by atoms with E-state index in [9.17, 15) is 4.79 Å². The van der Waals surface area contributed by atoms with E-state index >= 15 is 0 Å². The van der Waals surface area contributed by atoms with Crippen LogP contribution in [0.1, 0.15) is 11.5 Å². The Kier molecular flexibility index (Phi) is 5.21. The second-order valence-corrected chi connectivity index (χ2v) is 9.30. The summed E-state index contributed by atoms with van der Waals surface area (Å²) in [4.78, 5) is 22.8. The Hall–Kier alpha value is -4.51. The number of fused-ring (bicyclic) bond motifs is 3. The van der Waals surface area contributed by atoms with Crippen molar-refractivity contribution in [2.45, 2.75) is 17.5 Å². The highest BCUT2D eigenvalue weighted by Gasteiger charge is 2.19. The molecule has 2 aromatic heterocycles. The van der Waals surface area contributed by atoms with Crippen LogP contribution in [0.5, 0.6) is 23.0 Å². The van der Waals surface area contributed by atoms with E-state index in [1.54, 1.807) is 10.6 Å². The molecule has 4 heterocycles. The van der Waals surface area contributed by atoms with E-state index in [2.05, 4.69) is 10.1 Å². The fraction of sp³-hybridized carbons (Fsp3) is 0.154. The van der Waals surface area contributed by atoms with Crippen LogP contribution < -0.4 is 24.5 Å². The highest BCUT2D eigenvalue weighted by Crippen LogP contribution is 2.36. The van der Waals surface area contributed by atoms with E-state index in [1.807, 2.05) is 54.6 Å². The molecule has 184 valence electrons. The average Bonchev–Trinajstić information content (AvgIpc) is 3.69. The van der Waals surface area contributed by atoms with Gasteiger partial charge in [0.05, 0.1) is 23.2 Å². The third-order valence-electron chi connectivity index (χ3n) is 6.03. The molecule has 0 atom stereocenters. The van der Waals surface area contributed by atoms with Crippen LogP contribution >= 0.6 is 11.8 Å². The monoisotopic (exact) mass is 514 g/mol. The van der Waals surface area contributed by atoms with Crippen molar-refractivity contribution in [1.82, 2.24) is 19.7 Å². The zero-order chi connectivity index (χ0) is 24.8. The molecule has 0 aliphatic carbocycles. The van der Waals surface area contributed by atoms with Gasteiger partial charge in [-0.15, -0.1) is 0 Å². The topological polar surface area (TPSA) is 111 Å². The molecule has 0 unspecified atom stereocenters. The van der Waals surface area contributed by atoms with Crippen LogP contribution in [0.25, 0.3) is 22.3 Å². The van der Waals surface area contributed by atoms with Gasteiger partial charge >= 0.3 is 0 Å². The minimum absolute atomic E-state index is 0.127. The maximum atomic E-state index is 13.5. The third-order valence-corrected chi connectivity index (χ3v) is 6.99. The van der Waals surface area contributed by atoms with Gasteiger partial charge in [0, 0.05) is 5.56 Å². The molecule has 0 spiro atoms. The number of aromatic nitrogens is 4. The van der Waals surface area contributed by atoms with Crippen LogP contribution in [0.15, 0.2) is 75.1 Å². The molecule has 5 aromatic rings. The number of hydrogen-bond acceptors (Lipinski definition) is 10. The van der Waals surface area contributed by atoms with Crippen LogP contribution in [-0.4, -0.2) is 33.3 Å². The molecule has 0 bridgehead atoms. The van der Waals surface area contributed by atoms with Crippen LogP contribution in [0.2, 0.25) is 0 Å². The average molecular weight is 515 g/mol. The number of hydrogen-bond donors (Lipinski definition) is 0. The molecular weight excluding hydrogens is 496 g/mol. The molecule has 3 aromatic carbocycles. The molecule has 0 N–H and O–H groups in total. The first kappa shape index (κ1) is 21.7. The molecule has 11 heteroatoms. The molecule has 0 amide bonds. The molecule has 7 rings (SSSR count). The number of benzene rings is 3. The van der Waals surface area contributed by atoms with Crippen molar-refractivity contribution in [1.29, 1.82) is 0 Å². The summed E-state index contributed by atoms with van der Waals surface area (Å²) in [6.07, 6.45) is 0. The van der Waals surface area contributed by atoms with Crippen molar-refractivity contribution < 1.29 is 23.5 Å². The first-order valence-corrected chi connectivity index (χ1v) is 12.4. The number of rotatable bonds is 6. The highest BCUT2D eigenvalue weighted by molar-refractivity contribution is 7.98. The Morgan fingerprint density at radius 3 is 2.46 bits per heavy atom. The van der Waals surface area contributed by atoms with Gasteiger partial charge in [-0.25, -0.2) is 4.98 Å². The highest BCUT2D eigenvalue weighted by atomic mass is 32.2. The van der Waals surface area contributed by atoms with Crippen molar-refractivity contribution in [2.75, 3.05) is 13.6 Å². The maximum absolute atomic E-state index is 13.5. The van der Waals surface area contributed by atoms with E-state index in [0.29, 0.717) is 63.1 Å². The predicted octanol–water partition coefficient (Wildman–Crippen LogP) is 4.24. The number of nitrogens with zero attached hydrogens (tertiary/aromatic N) is 4. The van der Waals surface area contributed by atoms with Gasteiger partial charge in [-0.3, -0.25) is 9.36 Å². The van der Waals surface area contributed by atoms with E-state index in [0.717, 1.165) is 11.1 Å². The standard InChI is InChI=1S/C26H18N4O6S/c31-25-17-3-1-2-4-18(17)27-26(30(25)11-15-5-7-19-21(9-15)34-13-32-19)37-12-23-28-24(29-36-23)16-6-8-20-22(10-16)35-14-33-20/h1-10H,11-14H2. The van der Waals surface area contributed by atoms with Crippen molar-refractivity contribution in [3.05, 3.63) is 82.5 Å². The molecule has 37 heavy (non-hydrogen) atoms. The first-order valence-electron chi connectivity index (χ1n) is 11.4. The van der Waals surface area contributed by atoms with E-state index in [-0.39, 0.29) is 19.1 Å². The summed E-state index contributed by atoms with van der Waals surface area (Å²) in [5.41, 5.74) is 2.15. The molecule has 10 nitrogen and oxygen atoms in total. The summed E-state index contributed by atoms with van der Waals surface area (Å²) in [6, 6.07) is 18.4. The summed E-state index contributed by atoms with van der Waals surface area (Å²) >= 11 is 1.36. The Labute approximate surface area is 213 Å². The smallest absolute Gasteiger partial charge is 0.262 e. The summed E-state index contributed by atoms with van der Waals surface area (Å²) < 4.78 is 28.8. The SMILES string of the molecule is O=c1c2ccccc2nc(SCc2nc(-c3ccc4c(c3)OCO4)no2)n1Cc1ccc2c(c1)OCO2. The van der Waals surface area contributed by atoms with Crippen molar-refractivity contribution in [2.24, 2.45) is 0 Å².